The summed E-state index contributed by atoms with van der Waals surface area (Å²) < 4.78 is 5.67. The molecule has 0 aliphatic carbocycles. The van der Waals surface area contributed by atoms with Crippen molar-refractivity contribution in [3.05, 3.63) is 29.8 Å². The van der Waals surface area contributed by atoms with E-state index in [1.807, 2.05) is 30.1 Å². The number of nitrogens with zero attached hydrogens (tertiary/aromatic N) is 1. The molecule has 0 spiro atoms. The second-order valence-corrected chi connectivity index (χ2v) is 4.85. The van der Waals surface area contributed by atoms with E-state index in [1.54, 1.807) is 6.92 Å². The van der Waals surface area contributed by atoms with E-state index in [1.165, 1.54) is 5.56 Å². The number of carboxylic acids is 1. The van der Waals surface area contributed by atoms with Gasteiger partial charge in [-0.05, 0) is 31.2 Å². The molecule has 0 aliphatic heterocycles. The van der Waals surface area contributed by atoms with Gasteiger partial charge in [0.25, 0.3) is 0 Å². The summed E-state index contributed by atoms with van der Waals surface area (Å²) in [7, 11) is 1.91. The smallest absolute Gasteiger partial charge is 0.307 e. The van der Waals surface area contributed by atoms with Crippen molar-refractivity contribution >= 4 is 5.97 Å². The SMILES string of the molecule is CCc1cccc(OCCN(C)CC(C)C(=O)O)c1. The molecule has 0 heterocycles. The normalized spacial score (nSPS) is 12.4. The number of carbonyl (C=O) groups is 1. The molecule has 1 aromatic rings. The molecule has 0 saturated carbocycles. The highest BCUT2D eigenvalue weighted by Gasteiger charge is 2.13. The predicted molar refractivity (Wildman–Crippen MR) is 75.6 cm³/mol. The lowest BCUT2D eigenvalue weighted by atomic mass is 10.2. The van der Waals surface area contributed by atoms with Crippen LogP contribution in [0.2, 0.25) is 0 Å². The van der Waals surface area contributed by atoms with Crippen molar-refractivity contribution < 1.29 is 14.6 Å². The van der Waals surface area contributed by atoms with Crippen molar-refractivity contribution in [3.8, 4) is 5.75 Å². The lowest BCUT2D eigenvalue weighted by Crippen LogP contribution is -2.31. The third-order valence-corrected chi connectivity index (χ3v) is 3.06. The second kappa shape index (κ2) is 7.79. The Morgan fingerprint density at radius 2 is 2.21 bits per heavy atom. The lowest BCUT2D eigenvalue weighted by Gasteiger charge is -2.19. The highest BCUT2D eigenvalue weighted by atomic mass is 16.5. The van der Waals surface area contributed by atoms with E-state index >= 15 is 0 Å². The highest BCUT2D eigenvalue weighted by molar-refractivity contribution is 5.69. The van der Waals surface area contributed by atoms with Gasteiger partial charge in [0.2, 0.25) is 0 Å². The van der Waals surface area contributed by atoms with Crippen LogP contribution < -0.4 is 4.74 Å². The topological polar surface area (TPSA) is 49.8 Å². The zero-order valence-electron chi connectivity index (χ0n) is 11.9. The molecule has 19 heavy (non-hydrogen) atoms. The molecule has 1 rings (SSSR count). The maximum atomic E-state index is 10.7. The van der Waals surface area contributed by atoms with Gasteiger partial charge in [-0.15, -0.1) is 0 Å². The van der Waals surface area contributed by atoms with Crippen LogP contribution in [0, 0.1) is 5.92 Å². The van der Waals surface area contributed by atoms with Crippen LogP contribution in [-0.4, -0.2) is 42.7 Å². The van der Waals surface area contributed by atoms with Gasteiger partial charge in [0.05, 0.1) is 5.92 Å². The van der Waals surface area contributed by atoms with Crippen LogP contribution in [0.25, 0.3) is 0 Å². The fraction of sp³-hybridized carbons (Fsp3) is 0.533. The number of likely N-dealkylation sites (N-methyl/N-ethyl adjacent to an activating group) is 1. The minimum atomic E-state index is -0.761. The van der Waals surface area contributed by atoms with Crippen molar-refractivity contribution in [1.29, 1.82) is 0 Å². The molecular formula is C15H23NO3. The van der Waals surface area contributed by atoms with Gasteiger partial charge in [-0.1, -0.05) is 26.0 Å². The lowest BCUT2D eigenvalue weighted by molar-refractivity contribution is -0.141. The molecule has 1 unspecified atom stereocenters. The van der Waals surface area contributed by atoms with Crippen LogP contribution in [-0.2, 0) is 11.2 Å². The first-order chi connectivity index (χ1) is 9.02. The third-order valence-electron chi connectivity index (χ3n) is 3.06. The predicted octanol–water partition coefficient (Wildman–Crippen LogP) is 2.28. The Kier molecular flexibility index (Phi) is 6.36. The summed E-state index contributed by atoms with van der Waals surface area (Å²) in [5, 5.41) is 8.83. The second-order valence-electron chi connectivity index (χ2n) is 4.85. The number of aryl methyl sites for hydroxylation is 1. The molecule has 1 atom stereocenters. The Labute approximate surface area is 115 Å². The fourth-order valence-corrected chi connectivity index (χ4v) is 1.81. The molecule has 1 aromatic carbocycles. The Morgan fingerprint density at radius 1 is 1.47 bits per heavy atom. The molecule has 1 N–H and O–H groups in total. The van der Waals surface area contributed by atoms with Crippen molar-refractivity contribution in [2.75, 3.05) is 26.7 Å². The Hall–Kier alpha value is -1.55. The first-order valence-electron chi connectivity index (χ1n) is 6.66. The summed E-state index contributed by atoms with van der Waals surface area (Å²) in [6.07, 6.45) is 0.993. The van der Waals surface area contributed by atoms with Crippen LogP contribution in [0.5, 0.6) is 5.75 Å². The average molecular weight is 265 g/mol. The van der Waals surface area contributed by atoms with Crippen LogP contribution in [0.3, 0.4) is 0 Å². The summed E-state index contributed by atoms with van der Waals surface area (Å²) >= 11 is 0. The van der Waals surface area contributed by atoms with E-state index in [-0.39, 0.29) is 5.92 Å². The Bertz CT molecular complexity index is 406. The van der Waals surface area contributed by atoms with Crippen molar-refractivity contribution in [2.24, 2.45) is 5.92 Å². The molecular weight excluding hydrogens is 242 g/mol. The molecule has 106 valence electrons. The number of hydrogen-bond acceptors (Lipinski definition) is 3. The molecule has 0 saturated heterocycles. The number of rotatable bonds is 8. The zero-order valence-corrected chi connectivity index (χ0v) is 11.9. The van der Waals surface area contributed by atoms with Crippen LogP contribution in [0.1, 0.15) is 19.4 Å². The fourth-order valence-electron chi connectivity index (χ4n) is 1.81. The number of aliphatic carboxylic acids is 1. The van der Waals surface area contributed by atoms with Gasteiger partial charge in [0, 0.05) is 13.1 Å². The van der Waals surface area contributed by atoms with Crippen LogP contribution >= 0.6 is 0 Å². The van der Waals surface area contributed by atoms with E-state index < -0.39 is 5.97 Å². The molecule has 0 amide bonds. The van der Waals surface area contributed by atoms with Gasteiger partial charge in [-0.25, -0.2) is 0 Å². The van der Waals surface area contributed by atoms with Gasteiger partial charge in [-0.3, -0.25) is 4.79 Å². The van der Waals surface area contributed by atoms with Gasteiger partial charge in [0.1, 0.15) is 12.4 Å². The van der Waals surface area contributed by atoms with Gasteiger partial charge < -0.3 is 14.7 Å². The molecule has 0 bridgehead atoms. The minimum Gasteiger partial charge on any atom is -0.492 e. The van der Waals surface area contributed by atoms with E-state index in [0.29, 0.717) is 19.7 Å². The number of carboxylic acid groups (broad SMARTS) is 1. The number of benzene rings is 1. The van der Waals surface area contributed by atoms with Gasteiger partial charge in [0.15, 0.2) is 0 Å². The Balaban J connectivity index is 2.31. The van der Waals surface area contributed by atoms with E-state index in [0.717, 1.165) is 12.2 Å². The van der Waals surface area contributed by atoms with Crippen molar-refractivity contribution in [1.82, 2.24) is 4.90 Å². The minimum absolute atomic E-state index is 0.353. The summed E-state index contributed by atoms with van der Waals surface area (Å²) in [5.74, 6) is -0.240. The standard InChI is InChI=1S/C15H23NO3/c1-4-13-6-5-7-14(10-13)19-9-8-16(3)11-12(2)15(17)18/h5-7,10,12H,4,8-9,11H2,1-3H3,(H,17,18). The zero-order chi connectivity index (χ0) is 14.3. The van der Waals surface area contributed by atoms with E-state index in [2.05, 4.69) is 13.0 Å². The summed E-state index contributed by atoms with van der Waals surface area (Å²) in [6.45, 7) is 5.64. The van der Waals surface area contributed by atoms with Crippen molar-refractivity contribution in [3.63, 3.8) is 0 Å². The quantitative estimate of drug-likeness (QED) is 0.783. The maximum absolute atomic E-state index is 10.7. The largest absolute Gasteiger partial charge is 0.492 e. The third kappa shape index (κ3) is 5.75. The molecule has 0 fully saturated rings. The van der Waals surface area contributed by atoms with Gasteiger partial charge in [-0.2, -0.15) is 0 Å². The average Bonchev–Trinajstić information content (AvgIpc) is 2.38. The summed E-state index contributed by atoms with van der Waals surface area (Å²) in [5.41, 5.74) is 1.25. The molecule has 0 aromatic heterocycles. The number of ether oxygens (including phenoxy) is 1. The summed E-state index contributed by atoms with van der Waals surface area (Å²) in [4.78, 5) is 12.7. The van der Waals surface area contributed by atoms with Crippen LogP contribution in [0.15, 0.2) is 24.3 Å². The Morgan fingerprint density at radius 3 is 2.84 bits per heavy atom. The van der Waals surface area contributed by atoms with E-state index in [9.17, 15) is 4.79 Å². The number of hydrogen-bond donors (Lipinski definition) is 1. The van der Waals surface area contributed by atoms with Crippen molar-refractivity contribution in [2.45, 2.75) is 20.3 Å². The maximum Gasteiger partial charge on any atom is 0.307 e. The molecule has 0 aliphatic rings. The first kappa shape index (κ1) is 15.5. The highest BCUT2D eigenvalue weighted by Crippen LogP contribution is 2.13. The molecule has 4 nitrogen and oxygen atoms in total. The monoisotopic (exact) mass is 265 g/mol. The molecule has 4 heteroatoms. The van der Waals surface area contributed by atoms with E-state index in [4.69, 9.17) is 9.84 Å². The molecule has 0 radical (unpaired) electrons. The van der Waals surface area contributed by atoms with Crippen LogP contribution in [0.4, 0.5) is 0 Å². The van der Waals surface area contributed by atoms with Gasteiger partial charge >= 0.3 is 5.97 Å². The summed E-state index contributed by atoms with van der Waals surface area (Å²) in [6, 6.07) is 8.05. The first-order valence-corrected chi connectivity index (χ1v) is 6.66.